The van der Waals surface area contributed by atoms with E-state index in [9.17, 15) is 0 Å². The second-order valence-electron chi connectivity index (χ2n) is 4.08. The van der Waals surface area contributed by atoms with Crippen LogP contribution in [0.5, 0.6) is 6.01 Å². The molecule has 0 aliphatic carbocycles. The van der Waals surface area contributed by atoms with Crippen molar-refractivity contribution in [3.8, 4) is 6.01 Å². The summed E-state index contributed by atoms with van der Waals surface area (Å²) >= 11 is 0. The van der Waals surface area contributed by atoms with Crippen LogP contribution >= 0.6 is 0 Å². The van der Waals surface area contributed by atoms with Crippen molar-refractivity contribution in [2.24, 2.45) is 7.05 Å². The van der Waals surface area contributed by atoms with E-state index in [1.54, 1.807) is 4.68 Å². The van der Waals surface area contributed by atoms with Gasteiger partial charge in [0.15, 0.2) is 0 Å². The summed E-state index contributed by atoms with van der Waals surface area (Å²) in [6.45, 7) is 4.43. The number of ether oxygens (including phenoxy) is 1. The summed E-state index contributed by atoms with van der Waals surface area (Å²) in [4.78, 5) is 12.1. The third-order valence-electron chi connectivity index (χ3n) is 2.33. The third-order valence-corrected chi connectivity index (χ3v) is 2.33. The minimum atomic E-state index is 0.116. The van der Waals surface area contributed by atoms with Crippen LogP contribution < -0.4 is 15.8 Å². The number of aromatic nitrogens is 5. The molecule has 2 heterocycles. The van der Waals surface area contributed by atoms with Gasteiger partial charge in [0.05, 0.1) is 18.0 Å². The molecular weight excluding hydrogens is 246 g/mol. The number of anilines is 3. The standard InChI is InChI=1S/C11H17N7O/c1-4-5-19-11-15-9(12)14-10(16-11)13-8-6-18(3)17-7(8)2/h6H,4-5H2,1-3H3,(H3,12,13,14,15,16). The quantitative estimate of drug-likeness (QED) is 0.830. The van der Waals surface area contributed by atoms with Crippen molar-refractivity contribution in [1.29, 1.82) is 0 Å². The van der Waals surface area contributed by atoms with Crippen LogP contribution in [0.3, 0.4) is 0 Å². The molecule has 8 heteroatoms. The van der Waals surface area contributed by atoms with E-state index in [0.717, 1.165) is 17.8 Å². The Morgan fingerprint density at radius 1 is 1.37 bits per heavy atom. The molecular formula is C11H17N7O. The van der Waals surface area contributed by atoms with E-state index in [1.807, 2.05) is 27.1 Å². The first-order valence-electron chi connectivity index (χ1n) is 6.00. The zero-order chi connectivity index (χ0) is 13.8. The lowest BCUT2D eigenvalue weighted by Gasteiger charge is -2.06. The fraction of sp³-hybridized carbons (Fsp3) is 0.455. The van der Waals surface area contributed by atoms with Gasteiger partial charge >= 0.3 is 6.01 Å². The fourth-order valence-corrected chi connectivity index (χ4v) is 1.53. The highest BCUT2D eigenvalue weighted by atomic mass is 16.5. The van der Waals surface area contributed by atoms with Crippen LogP contribution in [0.25, 0.3) is 0 Å². The Kier molecular flexibility index (Phi) is 3.79. The van der Waals surface area contributed by atoms with Crippen LogP contribution in [0, 0.1) is 6.92 Å². The highest BCUT2D eigenvalue weighted by Crippen LogP contribution is 2.18. The summed E-state index contributed by atoms with van der Waals surface area (Å²) in [7, 11) is 1.84. The highest BCUT2D eigenvalue weighted by molar-refractivity contribution is 5.55. The van der Waals surface area contributed by atoms with E-state index < -0.39 is 0 Å². The molecule has 8 nitrogen and oxygen atoms in total. The fourth-order valence-electron chi connectivity index (χ4n) is 1.53. The van der Waals surface area contributed by atoms with Gasteiger partial charge in [-0.3, -0.25) is 4.68 Å². The van der Waals surface area contributed by atoms with Gasteiger partial charge < -0.3 is 15.8 Å². The van der Waals surface area contributed by atoms with Gasteiger partial charge in [0.1, 0.15) is 0 Å². The first-order valence-corrected chi connectivity index (χ1v) is 6.00. The van der Waals surface area contributed by atoms with Gasteiger partial charge in [-0.1, -0.05) is 6.92 Å². The molecule has 0 aliphatic heterocycles. The van der Waals surface area contributed by atoms with E-state index in [1.165, 1.54) is 0 Å². The van der Waals surface area contributed by atoms with Gasteiger partial charge in [0.25, 0.3) is 0 Å². The molecule has 102 valence electrons. The van der Waals surface area contributed by atoms with E-state index in [2.05, 4.69) is 25.4 Å². The van der Waals surface area contributed by atoms with Crippen molar-refractivity contribution in [3.63, 3.8) is 0 Å². The summed E-state index contributed by atoms with van der Waals surface area (Å²) in [6, 6.07) is 0.221. The summed E-state index contributed by atoms with van der Waals surface area (Å²) < 4.78 is 7.05. The number of nitrogen functional groups attached to an aromatic ring is 1. The maximum Gasteiger partial charge on any atom is 0.323 e. The number of nitrogens with one attached hydrogen (secondary N) is 1. The number of nitrogens with zero attached hydrogens (tertiary/aromatic N) is 5. The lowest BCUT2D eigenvalue weighted by atomic mass is 10.4. The molecule has 0 unspecified atom stereocenters. The van der Waals surface area contributed by atoms with Gasteiger partial charge in [0, 0.05) is 13.2 Å². The summed E-state index contributed by atoms with van der Waals surface area (Å²) in [6.07, 6.45) is 2.71. The molecule has 0 bridgehead atoms. The van der Waals surface area contributed by atoms with Crippen LogP contribution in [-0.4, -0.2) is 31.3 Å². The van der Waals surface area contributed by atoms with Crippen molar-refractivity contribution >= 4 is 17.6 Å². The Balaban J connectivity index is 2.20. The van der Waals surface area contributed by atoms with E-state index >= 15 is 0 Å². The van der Waals surface area contributed by atoms with Crippen molar-refractivity contribution in [2.45, 2.75) is 20.3 Å². The SMILES string of the molecule is CCCOc1nc(N)nc(Nc2cn(C)nc2C)n1. The van der Waals surface area contributed by atoms with Gasteiger partial charge in [-0.15, -0.1) is 0 Å². The molecule has 2 rings (SSSR count). The summed E-state index contributed by atoms with van der Waals surface area (Å²) in [5.41, 5.74) is 7.28. The monoisotopic (exact) mass is 263 g/mol. The van der Waals surface area contributed by atoms with E-state index in [0.29, 0.717) is 12.6 Å². The molecule has 0 aromatic carbocycles. The van der Waals surface area contributed by atoms with Gasteiger partial charge in [0.2, 0.25) is 11.9 Å². The lowest BCUT2D eigenvalue weighted by Crippen LogP contribution is -2.07. The van der Waals surface area contributed by atoms with Crippen molar-refractivity contribution in [1.82, 2.24) is 24.7 Å². The zero-order valence-corrected chi connectivity index (χ0v) is 11.2. The third kappa shape index (κ3) is 3.30. The Hall–Kier alpha value is -2.38. The molecule has 2 aromatic rings. The maximum atomic E-state index is 5.63. The average molecular weight is 263 g/mol. The number of hydrogen-bond donors (Lipinski definition) is 2. The predicted octanol–water partition coefficient (Wildman–Crippen LogP) is 1.03. The highest BCUT2D eigenvalue weighted by Gasteiger charge is 2.08. The zero-order valence-electron chi connectivity index (χ0n) is 11.2. The molecule has 0 radical (unpaired) electrons. The molecule has 0 saturated carbocycles. The van der Waals surface area contributed by atoms with Gasteiger partial charge in [-0.05, 0) is 13.3 Å². The topological polar surface area (TPSA) is 104 Å². The molecule has 19 heavy (non-hydrogen) atoms. The van der Waals surface area contributed by atoms with Crippen molar-refractivity contribution in [2.75, 3.05) is 17.7 Å². The van der Waals surface area contributed by atoms with Crippen LogP contribution in [0.1, 0.15) is 19.0 Å². The molecule has 2 aromatic heterocycles. The van der Waals surface area contributed by atoms with Crippen LogP contribution in [0.2, 0.25) is 0 Å². The second kappa shape index (κ2) is 5.51. The van der Waals surface area contributed by atoms with E-state index in [4.69, 9.17) is 10.5 Å². The van der Waals surface area contributed by atoms with Gasteiger partial charge in [-0.2, -0.15) is 20.1 Å². The van der Waals surface area contributed by atoms with Crippen LogP contribution in [0.15, 0.2) is 6.20 Å². The minimum Gasteiger partial charge on any atom is -0.463 e. The summed E-state index contributed by atoms with van der Waals surface area (Å²) in [5.74, 6) is 0.458. The number of rotatable bonds is 5. The lowest BCUT2D eigenvalue weighted by molar-refractivity contribution is 0.292. The normalized spacial score (nSPS) is 10.5. The summed E-state index contributed by atoms with van der Waals surface area (Å²) in [5, 5.41) is 7.27. The average Bonchev–Trinajstić information content (AvgIpc) is 2.64. The van der Waals surface area contributed by atoms with Gasteiger partial charge in [-0.25, -0.2) is 0 Å². The molecule has 0 amide bonds. The van der Waals surface area contributed by atoms with Crippen LogP contribution in [-0.2, 0) is 7.05 Å². The molecule has 0 saturated heterocycles. The van der Waals surface area contributed by atoms with Crippen LogP contribution in [0.4, 0.5) is 17.6 Å². The molecule has 0 spiro atoms. The van der Waals surface area contributed by atoms with Crippen molar-refractivity contribution < 1.29 is 4.74 Å². The second-order valence-corrected chi connectivity index (χ2v) is 4.08. The minimum absolute atomic E-state index is 0.116. The first kappa shape index (κ1) is 13.1. The number of aryl methyl sites for hydroxylation is 2. The Morgan fingerprint density at radius 3 is 2.79 bits per heavy atom. The molecule has 0 fully saturated rings. The Labute approximate surface area is 111 Å². The number of nitrogens with two attached hydrogens (primary N) is 1. The Morgan fingerprint density at radius 2 is 2.16 bits per heavy atom. The largest absolute Gasteiger partial charge is 0.463 e. The Bertz CT molecular complexity index is 566. The molecule has 0 aliphatic rings. The first-order chi connectivity index (χ1) is 9.08. The maximum absolute atomic E-state index is 5.63. The predicted molar refractivity (Wildman–Crippen MR) is 71.3 cm³/mol. The smallest absolute Gasteiger partial charge is 0.323 e. The molecule has 0 atom stereocenters. The van der Waals surface area contributed by atoms with E-state index in [-0.39, 0.29) is 12.0 Å². The number of hydrogen-bond acceptors (Lipinski definition) is 7. The van der Waals surface area contributed by atoms with Crippen molar-refractivity contribution in [3.05, 3.63) is 11.9 Å². The molecule has 3 N–H and O–H groups in total.